The third-order valence-electron chi connectivity index (χ3n) is 3.65. The van der Waals surface area contributed by atoms with E-state index in [1.165, 1.54) is 18.7 Å². The molecule has 0 aromatic heterocycles. The van der Waals surface area contributed by atoms with Crippen LogP contribution in [0, 0.1) is 5.92 Å². The van der Waals surface area contributed by atoms with Gasteiger partial charge in [-0.2, -0.15) is 0 Å². The SMILES string of the molecule is CC(=O)SC(c1ccc(-c2ccccc2)cc1)C(C)CC(=O)O. The average Bonchev–Trinajstić information content (AvgIpc) is 2.53. The molecule has 3 nitrogen and oxygen atoms in total. The number of aliphatic carboxylic acids is 1. The highest BCUT2D eigenvalue weighted by molar-refractivity contribution is 8.13. The second-order valence-electron chi connectivity index (χ2n) is 5.59. The van der Waals surface area contributed by atoms with Crippen LogP contribution >= 0.6 is 11.8 Å². The molecule has 120 valence electrons. The summed E-state index contributed by atoms with van der Waals surface area (Å²) in [5.41, 5.74) is 3.22. The van der Waals surface area contributed by atoms with Gasteiger partial charge in [0.1, 0.15) is 0 Å². The Balaban J connectivity index is 2.25. The van der Waals surface area contributed by atoms with Crippen LogP contribution in [0.25, 0.3) is 11.1 Å². The van der Waals surface area contributed by atoms with E-state index in [4.69, 9.17) is 5.11 Å². The molecule has 4 heteroatoms. The average molecular weight is 328 g/mol. The number of rotatable bonds is 6. The molecule has 0 aliphatic carbocycles. The summed E-state index contributed by atoms with van der Waals surface area (Å²) in [5.74, 6) is -0.962. The van der Waals surface area contributed by atoms with E-state index in [1.54, 1.807) is 0 Å². The van der Waals surface area contributed by atoms with E-state index in [0.29, 0.717) is 0 Å². The molecule has 0 fully saturated rings. The van der Waals surface area contributed by atoms with Gasteiger partial charge in [0.25, 0.3) is 0 Å². The van der Waals surface area contributed by atoms with Gasteiger partial charge < -0.3 is 5.11 Å². The Morgan fingerprint density at radius 3 is 2.09 bits per heavy atom. The maximum Gasteiger partial charge on any atom is 0.303 e. The van der Waals surface area contributed by atoms with Crippen molar-refractivity contribution in [2.75, 3.05) is 0 Å². The van der Waals surface area contributed by atoms with Crippen LogP contribution in [0.2, 0.25) is 0 Å². The van der Waals surface area contributed by atoms with Crippen molar-refractivity contribution in [3.63, 3.8) is 0 Å². The summed E-state index contributed by atoms with van der Waals surface area (Å²) in [6.07, 6.45) is 0.0470. The molecule has 0 aliphatic heterocycles. The second kappa shape index (κ2) is 7.97. The summed E-state index contributed by atoms with van der Waals surface area (Å²) in [5, 5.41) is 8.87. The zero-order chi connectivity index (χ0) is 16.8. The third-order valence-corrected chi connectivity index (χ3v) is 4.98. The number of hydrogen-bond donors (Lipinski definition) is 1. The van der Waals surface area contributed by atoms with Gasteiger partial charge in [0.15, 0.2) is 5.12 Å². The topological polar surface area (TPSA) is 54.4 Å². The monoisotopic (exact) mass is 328 g/mol. The minimum atomic E-state index is -0.840. The molecule has 2 aromatic carbocycles. The van der Waals surface area contributed by atoms with Gasteiger partial charge in [0.2, 0.25) is 0 Å². The van der Waals surface area contributed by atoms with Gasteiger partial charge in [0.05, 0.1) is 0 Å². The maximum atomic E-state index is 11.5. The Labute approximate surface area is 140 Å². The number of hydrogen-bond acceptors (Lipinski definition) is 3. The van der Waals surface area contributed by atoms with Crippen LogP contribution in [0.1, 0.15) is 31.1 Å². The van der Waals surface area contributed by atoms with E-state index in [0.717, 1.165) is 16.7 Å². The van der Waals surface area contributed by atoms with Crippen molar-refractivity contribution in [2.45, 2.75) is 25.5 Å². The fourth-order valence-corrected chi connectivity index (χ4v) is 3.55. The summed E-state index contributed by atoms with van der Waals surface area (Å²) in [7, 11) is 0. The van der Waals surface area contributed by atoms with Gasteiger partial charge in [-0.05, 0) is 22.6 Å². The van der Waals surface area contributed by atoms with E-state index in [-0.39, 0.29) is 22.7 Å². The van der Waals surface area contributed by atoms with Crippen molar-refractivity contribution in [1.29, 1.82) is 0 Å². The largest absolute Gasteiger partial charge is 0.481 e. The van der Waals surface area contributed by atoms with Crippen molar-refractivity contribution >= 4 is 22.8 Å². The van der Waals surface area contributed by atoms with Gasteiger partial charge in [-0.25, -0.2) is 0 Å². The van der Waals surface area contributed by atoms with Gasteiger partial charge in [-0.3, -0.25) is 9.59 Å². The van der Waals surface area contributed by atoms with Gasteiger partial charge in [0, 0.05) is 18.6 Å². The van der Waals surface area contributed by atoms with Crippen LogP contribution < -0.4 is 0 Å². The predicted octanol–water partition coefficient (Wildman–Crippen LogP) is 4.79. The lowest BCUT2D eigenvalue weighted by molar-refractivity contribution is -0.138. The molecule has 0 bridgehead atoms. The first-order valence-electron chi connectivity index (χ1n) is 7.51. The zero-order valence-electron chi connectivity index (χ0n) is 13.2. The molecule has 0 heterocycles. The van der Waals surface area contributed by atoms with Crippen molar-refractivity contribution in [1.82, 2.24) is 0 Å². The minimum Gasteiger partial charge on any atom is -0.481 e. The lowest BCUT2D eigenvalue weighted by Crippen LogP contribution is -2.13. The molecule has 0 spiro atoms. The van der Waals surface area contributed by atoms with E-state index >= 15 is 0 Å². The van der Waals surface area contributed by atoms with Gasteiger partial charge >= 0.3 is 5.97 Å². The molecule has 0 radical (unpaired) electrons. The number of thioether (sulfide) groups is 1. The fraction of sp³-hybridized carbons (Fsp3) is 0.263. The molecule has 2 unspecified atom stereocenters. The highest BCUT2D eigenvalue weighted by Gasteiger charge is 2.24. The smallest absolute Gasteiger partial charge is 0.303 e. The number of benzene rings is 2. The molecule has 0 saturated heterocycles. The molecule has 2 aromatic rings. The Hall–Kier alpha value is -2.07. The molecule has 0 saturated carbocycles. The Morgan fingerprint density at radius 2 is 1.57 bits per heavy atom. The highest BCUT2D eigenvalue weighted by Crippen LogP contribution is 2.38. The normalized spacial score (nSPS) is 13.3. The predicted molar refractivity (Wildman–Crippen MR) is 94.3 cm³/mol. The van der Waals surface area contributed by atoms with E-state index < -0.39 is 5.97 Å². The number of carbonyl (C=O) groups is 2. The lowest BCUT2D eigenvalue weighted by atomic mass is 9.95. The summed E-state index contributed by atoms with van der Waals surface area (Å²) in [6.45, 7) is 3.39. The number of carboxylic acid groups (broad SMARTS) is 1. The quantitative estimate of drug-likeness (QED) is 0.828. The Morgan fingerprint density at radius 1 is 1.00 bits per heavy atom. The second-order valence-corrected chi connectivity index (χ2v) is 6.91. The first-order valence-corrected chi connectivity index (χ1v) is 8.39. The summed E-state index contributed by atoms with van der Waals surface area (Å²) in [6, 6.07) is 18.1. The molecular weight excluding hydrogens is 308 g/mol. The first-order chi connectivity index (χ1) is 11.0. The molecule has 1 N–H and O–H groups in total. The van der Waals surface area contributed by atoms with Gasteiger partial charge in [-0.15, -0.1) is 0 Å². The van der Waals surface area contributed by atoms with Crippen LogP contribution in [0.4, 0.5) is 0 Å². The van der Waals surface area contributed by atoms with Crippen molar-refractivity contribution in [3.05, 3.63) is 60.2 Å². The Kier molecular flexibility index (Phi) is 5.99. The molecule has 2 atom stereocenters. The highest BCUT2D eigenvalue weighted by atomic mass is 32.2. The van der Waals surface area contributed by atoms with Crippen LogP contribution in [0.15, 0.2) is 54.6 Å². The zero-order valence-corrected chi connectivity index (χ0v) is 14.0. The Bertz CT molecular complexity index is 665. The summed E-state index contributed by atoms with van der Waals surface area (Å²) in [4.78, 5) is 22.5. The van der Waals surface area contributed by atoms with E-state index in [9.17, 15) is 9.59 Å². The minimum absolute atomic E-state index is 0.000579. The molecule has 0 aliphatic rings. The maximum absolute atomic E-state index is 11.5. The lowest BCUT2D eigenvalue weighted by Gasteiger charge is -2.22. The van der Waals surface area contributed by atoms with Crippen LogP contribution in [-0.2, 0) is 9.59 Å². The first kappa shape index (κ1) is 17.3. The fourth-order valence-electron chi connectivity index (χ4n) is 2.57. The molecule has 0 amide bonds. The summed E-state index contributed by atoms with van der Waals surface area (Å²) < 4.78 is 0. The number of carboxylic acids is 1. The van der Waals surface area contributed by atoms with E-state index in [1.807, 2.05) is 61.5 Å². The van der Waals surface area contributed by atoms with Gasteiger partial charge in [-0.1, -0.05) is 73.3 Å². The molecule has 23 heavy (non-hydrogen) atoms. The van der Waals surface area contributed by atoms with Crippen molar-refractivity contribution in [2.24, 2.45) is 5.92 Å². The van der Waals surface area contributed by atoms with E-state index in [2.05, 4.69) is 0 Å². The summed E-state index contributed by atoms with van der Waals surface area (Å²) >= 11 is 1.20. The molecule has 2 rings (SSSR count). The number of carbonyl (C=O) groups excluding carboxylic acids is 1. The van der Waals surface area contributed by atoms with Crippen LogP contribution in [0.5, 0.6) is 0 Å². The molecular formula is C19H20O3S. The van der Waals surface area contributed by atoms with Crippen LogP contribution in [-0.4, -0.2) is 16.2 Å². The standard InChI is InChI=1S/C19H20O3S/c1-13(12-18(21)22)19(23-14(2)20)17-10-8-16(9-11-17)15-6-4-3-5-7-15/h3-11,13,19H,12H2,1-2H3,(H,21,22). The van der Waals surface area contributed by atoms with Crippen LogP contribution in [0.3, 0.4) is 0 Å². The third kappa shape index (κ3) is 4.96. The van der Waals surface area contributed by atoms with Crippen molar-refractivity contribution < 1.29 is 14.7 Å². The van der Waals surface area contributed by atoms with Crippen molar-refractivity contribution in [3.8, 4) is 11.1 Å².